The second-order valence-electron chi connectivity index (χ2n) is 5.51. The Morgan fingerprint density at radius 2 is 1.70 bits per heavy atom. The minimum absolute atomic E-state index is 0.0453. The Hall–Kier alpha value is -1.93. The van der Waals surface area contributed by atoms with Crippen molar-refractivity contribution in [3.63, 3.8) is 0 Å². The summed E-state index contributed by atoms with van der Waals surface area (Å²) in [6.07, 6.45) is 5.75. The highest BCUT2D eigenvalue weighted by Gasteiger charge is 2.12. The van der Waals surface area contributed by atoms with Gasteiger partial charge >= 0.3 is 0 Å². The Morgan fingerprint density at radius 1 is 1.04 bits per heavy atom. The molecule has 1 nitrogen and oxygen atoms in total. The highest BCUT2D eigenvalue weighted by molar-refractivity contribution is 6.30. The second-order valence-corrected chi connectivity index (χ2v) is 5.95. The van der Waals surface area contributed by atoms with E-state index in [-0.39, 0.29) is 11.6 Å². The monoisotopic (exact) mass is 330 g/mol. The van der Waals surface area contributed by atoms with Crippen LogP contribution < -0.4 is 0 Å². The number of ketones is 1. The molecule has 0 aliphatic carbocycles. The molecule has 0 N–H and O–H groups in total. The average molecular weight is 331 g/mol. The first kappa shape index (κ1) is 17.4. The fourth-order valence-electron chi connectivity index (χ4n) is 2.36. The van der Waals surface area contributed by atoms with Crippen molar-refractivity contribution in [1.82, 2.24) is 0 Å². The largest absolute Gasteiger partial charge is 0.289 e. The molecule has 23 heavy (non-hydrogen) atoms. The van der Waals surface area contributed by atoms with Gasteiger partial charge in [-0.15, -0.1) is 0 Å². The molecule has 2 rings (SSSR count). The van der Waals surface area contributed by atoms with Gasteiger partial charge in [-0.3, -0.25) is 4.79 Å². The van der Waals surface area contributed by atoms with Gasteiger partial charge in [-0.05, 0) is 60.9 Å². The summed E-state index contributed by atoms with van der Waals surface area (Å²) in [7, 11) is 0. The van der Waals surface area contributed by atoms with Gasteiger partial charge in [-0.1, -0.05) is 43.5 Å². The molecule has 0 saturated heterocycles. The second kappa shape index (κ2) is 8.64. The minimum Gasteiger partial charge on any atom is -0.289 e. The molecule has 0 saturated carbocycles. The molecule has 0 aliphatic rings. The van der Waals surface area contributed by atoms with E-state index >= 15 is 0 Å². The predicted molar refractivity (Wildman–Crippen MR) is 94.3 cm³/mol. The van der Waals surface area contributed by atoms with Crippen molar-refractivity contribution in [1.29, 1.82) is 0 Å². The summed E-state index contributed by atoms with van der Waals surface area (Å²) < 4.78 is 13.0. The Balaban J connectivity index is 2.27. The third-order valence-electron chi connectivity index (χ3n) is 3.66. The predicted octanol–water partition coefficient (Wildman–Crippen LogP) is 6.33. The summed E-state index contributed by atoms with van der Waals surface area (Å²) in [6, 6.07) is 13.1. The lowest BCUT2D eigenvalue weighted by molar-refractivity contribution is 0.103. The fourth-order valence-corrected chi connectivity index (χ4v) is 2.49. The third-order valence-corrected chi connectivity index (χ3v) is 3.91. The summed E-state index contributed by atoms with van der Waals surface area (Å²) in [5.41, 5.74) is 2.20. The number of unbranched alkanes of at least 4 members (excludes halogenated alkanes) is 2. The maximum absolute atomic E-state index is 13.0. The summed E-state index contributed by atoms with van der Waals surface area (Å²) in [5, 5.41) is 0.666. The summed E-state index contributed by atoms with van der Waals surface area (Å²) in [6.45, 7) is 2.13. The maximum atomic E-state index is 13.0. The van der Waals surface area contributed by atoms with Crippen molar-refractivity contribution in [2.45, 2.75) is 32.6 Å². The number of carbonyl (C=O) groups is 1. The molecule has 0 spiro atoms. The van der Waals surface area contributed by atoms with Crippen molar-refractivity contribution < 1.29 is 9.18 Å². The van der Waals surface area contributed by atoms with Crippen LogP contribution in [0.2, 0.25) is 5.02 Å². The molecule has 2 aromatic rings. The number of carbonyl (C=O) groups excluding carboxylic acids is 1. The van der Waals surface area contributed by atoms with Gasteiger partial charge in [0, 0.05) is 16.2 Å². The zero-order chi connectivity index (χ0) is 16.7. The van der Waals surface area contributed by atoms with E-state index in [2.05, 4.69) is 6.92 Å². The van der Waals surface area contributed by atoms with Crippen LogP contribution in [-0.2, 0) is 0 Å². The zero-order valence-corrected chi connectivity index (χ0v) is 13.9. The van der Waals surface area contributed by atoms with Crippen molar-refractivity contribution in [3.05, 3.63) is 76.1 Å². The van der Waals surface area contributed by atoms with Crippen molar-refractivity contribution in [2.75, 3.05) is 0 Å². The Morgan fingerprint density at radius 3 is 2.30 bits per heavy atom. The standard InChI is InChI=1S/C20H20ClFO/c1-2-3-4-5-17(14-15-6-10-18(21)11-7-15)20(23)16-8-12-19(22)13-9-16/h6-14H,2-5H2,1H3. The van der Waals surface area contributed by atoms with Crippen LogP contribution in [0.4, 0.5) is 4.39 Å². The van der Waals surface area contributed by atoms with Gasteiger partial charge in [-0.2, -0.15) is 0 Å². The number of Topliss-reactive ketones (excluding diaryl/α,β-unsaturated/α-hetero) is 1. The van der Waals surface area contributed by atoms with E-state index in [1.165, 1.54) is 24.3 Å². The fraction of sp³-hybridized carbons (Fsp3) is 0.250. The number of benzene rings is 2. The van der Waals surface area contributed by atoms with Crippen LogP contribution in [0.1, 0.15) is 48.5 Å². The number of hydrogen-bond donors (Lipinski definition) is 0. The topological polar surface area (TPSA) is 17.1 Å². The quantitative estimate of drug-likeness (QED) is 0.329. The number of hydrogen-bond acceptors (Lipinski definition) is 1. The molecule has 0 bridgehead atoms. The summed E-state index contributed by atoms with van der Waals surface area (Å²) >= 11 is 5.90. The lowest BCUT2D eigenvalue weighted by atomic mass is 9.96. The van der Waals surface area contributed by atoms with Gasteiger partial charge in [0.2, 0.25) is 0 Å². The number of halogens is 2. The minimum atomic E-state index is -0.337. The first-order valence-corrected chi connectivity index (χ1v) is 8.24. The molecular formula is C20H20ClFO. The van der Waals surface area contributed by atoms with Gasteiger partial charge in [0.05, 0.1) is 0 Å². The molecule has 0 heterocycles. The molecule has 0 radical (unpaired) electrons. The summed E-state index contributed by atoms with van der Waals surface area (Å²) in [5.74, 6) is -0.383. The SMILES string of the molecule is CCCCCC(=Cc1ccc(Cl)cc1)C(=O)c1ccc(F)cc1. The van der Waals surface area contributed by atoms with E-state index < -0.39 is 0 Å². The lowest BCUT2D eigenvalue weighted by Crippen LogP contribution is -2.04. The average Bonchev–Trinajstić information content (AvgIpc) is 2.56. The van der Waals surface area contributed by atoms with Crippen LogP contribution in [0.5, 0.6) is 0 Å². The van der Waals surface area contributed by atoms with Crippen LogP contribution >= 0.6 is 11.6 Å². The van der Waals surface area contributed by atoms with E-state index in [4.69, 9.17) is 11.6 Å². The Bertz CT molecular complexity index is 672. The van der Waals surface area contributed by atoms with Crippen molar-refractivity contribution in [3.8, 4) is 0 Å². The number of allylic oxidation sites excluding steroid dienone is 1. The normalized spacial score (nSPS) is 11.5. The molecule has 3 heteroatoms. The molecule has 0 amide bonds. The van der Waals surface area contributed by atoms with Gasteiger partial charge in [0.1, 0.15) is 5.82 Å². The highest BCUT2D eigenvalue weighted by atomic mass is 35.5. The van der Waals surface area contributed by atoms with E-state index in [1.54, 1.807) is 12.1 Å². The van der Waals surface area contributed by atoms with Crippen molar-refractivity contribution in [2.24, 2.45) is 0 Å². The van der Waals surface area contributed by atoms with E-state index in [1.807, 2.05) is 18.2 Å². The maximum Gasteiger partial charge on any atom is 0.189 e. The molecule has 0 aliphatic heterocycles. The van der Waals surface area contributed by atoms with Gasteiger partial charge < -0.3 is 0 Å². The molecule has 0 atom stereocenters. The van der Waals surface area contributed by atoms with Crippen LogP contribution in [-0.4, -0.2) is 5.78 Å². The van der Waals surface area contributed by atoms with Gasteiger partial charge in [0.25, 0.3) is 0 Å². The Labute approximate surface area is 141 Å². The van der Waals surface area contributed by atoms with Crippen LogP contribution in [0, 0.1) is 5.82 Å². The Kier molecular flexibility index (Phi) is 6.54. The van der Waals surface area contributed by atoms with E-state index in [9.17, 15) is 9.18 Å². The van der Waals surface area contributed by atoms with E-state index in [0.717, 1.165) is 30.4 Å². The molecule has 120 valence electrons. The zero-order valence-electron chi connectivity index (χ0n) is 13.2. The van der Waals surface area contributed by atoms with Crippen LogP contribution in [0.25, 0.3) is 6.08 Å². The third kappa shape index (κ3) is 5.33. The molecular weight excluding hydrogens is 311 g/mol. The molecule has 0 unspecified atom stereocenters. The molecule has 2 aromatic carbocycles. The molecule has 0 fully saturated rings. The first-order valence-electron chi connectivity index (χ1n) is 7.86. The lowest BCUT2D eigenvalue weighted by Gasteiger charge is -2.08. The van der Waals surface area contributed by atoms with Crippen molar-refractivity contribution >= 4 is 23.5 Å². The van der Waals surface area contributed by atoms with Crippen LogP contribution in [0.3, 0.4) is 0 Å². The molecule has 0 aromatic heterocycles. The summed E-state index contributed by atoms with van der Waals surface area (Å²) in [4.78, 5) is 12.7. The van der Waals surface area contributed by atoms with E-state index in [0.29, 0.717) is 17.0 Å². The van der Waals surface area contributed by atoms with Crippen LogP contribution in [0.15, 0.2) is 54.1 Å². The first-order chi connectivity index (χ1) is 11.1. The van der Waals surface area contributed by atoms with Gasteiger partial charge in [-0.25, -0.2) is 4.39 Å². The van der Waals surface area contributed by atoms with Gasteiger partial charge in [0.15, 0.2) is 5.78 Å². The highest BCUT2D eigenvalue weighted by Crippen LogP contribution is 2.20. The number of rotatable bonds is 7. The smallest absolute Gasteiger partial charge is 0.189 e.